The summed E-state index contributed by atoms with van der Waals surface area (Å²) in [5.41, 5.74) is 2.34. The molecule has 0 N–H and O–H groups in total. The molecule has 19 heavy (non-hydrogen) atoms. The molecule has 1 heterocycles. The van der Waals surface area contributed by atoms with Gasteiger partial charge in [0.25, 0.3) is 0 Å². The SMILES string of the molecule is COc1cc(CBr)cc(Cl)c1OCCc1ccsc1. The van der Waals surface area contributed by atoms with Crippen molar-refractivity contribution in [3.8, 4) is 11.5 Å². The molecule has 2 aromatic rings. The first-order valence-electron chi connectivity index (χ1n) is 5.81. The molecule has 0 fully saturated rings. The van der Waals surface area contributed by atoms with Crippen molar-refractivity contribution in [2.45, 2.75) is 11.8 Å². The number of alkyl halides is 1. The Hall–Kier alpha value is -0.710. The quantitative estimate of drug-likeness (QED) is 0.679. The number of halogens is 2. The summed E-state index contributed by atoms with van der Waals surface area (Å²) in [7, 11) is 1.62. The number of rotatable bonds is 6. The van der Waals surface area contributed by atoms with Crippen LogP contribution in [0.2, 0.25) is 5.02 Å². The van der Waals surface area contributed by atoms with Crippen LogP contribution in [0.25, 0.3) is 0 Å². The number of benzene rings is 1. The lowest BCUT2D eigenvalue weighted by molar-refractivity contribution is 0.298. The smallest absolute Gasteiger partial charge is 0.179 e. The molecule has 0 aliphatic rings. The van der Waals surface area contributed by atoms with E-state index in [1.165, 1.54) is 5.56 Å². The Morgan fingerprint density at radius 3 is 2.79 bits per heavy atom. The molecule has 1 aromatic carbocycles. The fraction of sp³-hybridized carbons (Fsp3) is 0.286. The molecule has 1 aromatic heterocycles. The maximum Gasteiger partial charge on any atom is 0.179 e. The third-order valence-electron chi connectivity index (χ3n) is 2.66. The minimum absolute atomic E-state index is 0.583. The molecule has 0 saturated carbocycles. The van der Waals surface area contributed by atoms with Gasteiger partial charge in [0.1, 0.15) is 0 Å². The van der Waals surface area contributed by atoms with E-state index in [2.05, 4.69) is 32.8 Å². The zero-order valence-corrected chi connectivity index (χ0v) is 13.6. The molecular weight excluding hydrogens is 348 g/mol. The summed E-state index contributed by atoms with van der Waals surface area (Å²) in [6.45, 7) is 0.584. The third-order valence-corrected chi connectivity index (χ3v) is 4.32. The number of hydrogen-bond acceptors (Lipinski definition) is 3. The van der Waals surface area contributed by atoms with Gasteiger partial charge in [-0.05, 0) is 40.1 Å². The van der Waals surface area contributed by atoms with E-state index < -0.39 is 0 Å². The van der Waals surface area contributed by atoms with Gasteiger partial charge in [0, 0.05) is 11.8 Å². The Labute approximate surface area is 130 Å². The molecular formula is C14H14BrClO2S. The van der Waals surface area contributed by atoms with Crippen molar-refractivity contribution in [3.05, 3.63) is 45.1 Å². The lowest BCUT2D eigenvalue weighted by atomic mass is 10.2. The van der Waals surface area contributed by atoms with Crippen molar-refractivity contribution in [1.29, 1.82) is 0 Å². The Balaban J connectivity index is 2.06. The number of methoxy groups -OCH3 is 1. The first-order valence-corrected chi connectivity index (χ1v) is 8.25. The van der Waals surface area contributed by atoms with E-state index in [0.717, 1.165) is 17.3 Å². The summed E-state index contributed by atoms with van der Waals surface area (Å²) in [5.74, 6) is 1.29. The molecule has 5 heteroatoms. The van der Waals surface area contributed by atoms with Crippen LogP contribution in [0.4, 0.5) is 0 Å². The zero-order chi connectivity index (χ0) is 13.7. The second-order valence-electron chi connectivity index (χ2n) is 3.97. The van der Waals surface area contributed by atoms with Gasteiger partial charge in [0.15, 0.2) is 11.5 Å². The fourth-order valence-corrected chi connectivity index (χ4v) is 3.01. The highest BCUT2D eigenvalue weighted by Gasteiger charge is 2.11. The molecule has 0 aliphatic carbocycles. The van der Waals surface area contributed by atoms with Crippen LogP contribution in [0.15, 0.2) is 29.0 Å². The molecule has 0 atom stereocenters. The van der Waals surface area contributed by atoms with Gasteiger partial charge >= 0.3 is 0 Å². The Kier molecular flexibility index (Phi) is 5.55. The molecule has 0 saturated heterocycles. The van der Waals surface area contributed by atoms with E-state index in [-0.39, 0.29) is 0 Å². The van der Waals surface area contributed by atoms with Gasteiger partial charge in [-0.15, -0.1) is 0 Å². The monoisotopic (exact) mass is 360 g/mol. The largest absolute Gasteiger partial charge is 0.493 e. The van der Waals surface area contributed by atoms with Crippen molar-refractivity contribution >= 4 is 38.9 Å². The number of hydrogen-bond donors (Lipinski definition) is 0. The average molecular weight is 362 g/mol. The summed E-state index contributed by atoms with van der Waals surface area (Å²) in [4.78, 5) is 0. The first-order chi connectivity index (χ1) is 9.24. The molecule has 0 unspecified atom stereocenters. The summed E-state index contributed by atoms with van der Waals surface area (Å²) in [6.07, 6.45) is 0.864. The molecule has 0 aliphatic heterocycles. The van der Waals surface area contributed by atoms with E-state index in [9.17, 15) is 0 Å². The molecule has 0 spiro atoms. The van der Waals surface area contributed by atoms with Crippen molar-refractivity contribution in [2.75, 3.05) is 13.7 Å². The average Bonchev–Trinajstić information content (AvgIpc) is 2.93. The Morgan fingerprint density at radius 2 is 2.16 bits per heavy atom. The van der Waals surface area contributed by atoms with Crippen molar-refractivity contribution < 1.29 is 9.47 Å². The molecule has 102 valence electrons. The highest BCUT2D eigenvalue weighted by Crippen LogP contribution is 2.37. The van der Waals surface area contributed by atoms with E-state index in [4.69, 9.17) is 21.1 Å². The molecule has 0 radical (unpaired) electrons. The normalized spacial score (nSPS) is 10.5. The van der Waals surface area contributed by atoms with Crippen LogP contribution in [0.5, 0.6) is 11.5 Å². The first kappa shape index (κ1) is 14.7. The highest BCUT2D eigenvalue weighted by molar-refractivity contribution is 9.08. The number of ether oxygens (including phenoxy) is 2. The summed E-state index contributed by atoms with van der Waals surface area (Å²) < 4.78 is 11.1. The van der Waals surface area contributed by atoms with Gasteiger partial charge in [-0.1, -0.05) is 27.5 Å². The Morgan fingerprint density at radius 1 is 1.32 bits per heavy atom. The Bertz CT molecular complexity index is 528. The van der Waals surface area contributed by atoms with Crippen LogP contribution in [-0.2, 0) is 11.8 Å². The maximum atomic E-state index is 6.23. The van der Waals surface area contributed by atoms with Gasteiger partial charge in [-0.25, -0.2) is 0 Å². The van der Waals surface area contributed by atoms with Gasteiger partial charge in [-0.3, -0.25) is 0 Å². The van der Waals surface area contributed by atoms with E-state index >= 15 is 0 Å². The second-order valence-corrected chi connectivity index (χ2v) is 5.72. The van der Waals surface area contributed by atoms with Gasteiger partial charge < -0.3 is 9.47 Å². The van der Waals surface area contributed by atoms with Crippen LogP contribution >= 0.6 is 38.9 Å². The van der Waals surface area contributed by atoms with Crippen LogP contribution in [0, 0.1) is 0 Å². The minimum Gasteiger partial charge on any atom is -0.493 e. The standard InChI is InChI=1S/C14H14BrClO2S/c1-17-13-7-11(8-15)6-12(16)14(13)18-4-2-10-3-5-19-9-10/h3,5-7,9H,2,4,8H2,1H3. The molecule has 2 rings (SSSR count). The van der Waals surface area contributed by atoms with Crippen LogP contribution in [0.3, 0.4) is 0 Å². The van der Waals surface area contributed by atoms with E-state index in [0.29, 0.717) is 23.1 Å². The summed E-state index contributed by atoms with van der Waals surface area (Å²) >= 11 is 11.3. The van der Waals surface area contributed by atoms with Gasteiger partial charge in [0.2, 0.25) is 0 Å². The second kappa shape index (κ2) is 7.17. The molecule has 2 nitrogen and oxygen atoms in total. The van der Waals surface area contributed by atoms with Crippen LogP contribution in [-0.4, -0.2) is 13.7 Å². The lowest BCUT2D eigenvalue weighted by Gasteiger charge is -2.13. The predicted molar refractivity (Wildman–Crippen MR) is 84.2 cm³/mol. The third kappa shape index (κ3) is 3.88. The van der Waals surface area contributed by atoms with E-state index in [1.54, 1.807) is 18.4 Å². The van der Waals surface area contributed by atoms with Crippen molar-refractivity contribution in [1.82, 2.24) is 0 Å². The van der Waals surface area contributed by atoms with Crippen LogP contribution < -0.4 is 9.47 Å². The minimum atomic E-state index is 0.583. The summed E-state index contributed by atoms with van der Waals surface area (Å²) in [6, 6.07) is 5.92. The zero-order valence-electron chi connectivity index (χ0n) is 10.5. The maximum absolute atomic E-state index is 6.23. The van der Waals surface area contributed by atoms with E-state index in [1.807, 2.05) is 12.1 Å². The van der Waals surface area contributed by atoms with Crippen molar-refractivity contribution in [3.63, 3.8) is 0 Å². The topological polar surface area (TPSA) is 18.5 Å². The number of thiophene rings is 1. The molecule has 0 bridgehead atoms. The van der Waals surface area contributed by atoms with Crippen LogP contribution in [0.1, 0.15) is 11.1 Å². The highest BCUT2D eigenvalue weighted by atomic mass is 79.9. The predicted octanol–water partition coefficient (Wildman–Crippen LogP) is 4.93. The van der Waals surface area contributed by atoms with Gasteiger partial charge in [0.05, 0.1) is 18.7 Å². The van der Waals surface area contributed by atoms with Gasteiger partial charge in [-0.2, -0.15) is 11.3 Å². The summed E-state index contributed by atoms with van der Waals surface area (Å²) in [5, 5.41) is 5.50. The lowest BCUT2D eigenvalue weighted by Crippen LogP contribution is -2.03. The fourth-order valence-electron chi connectivity index (χ4n) is 1.70. The molecule has 0 amide bonds. The van der Waals surface area contributed by atoms with Crippen molar-refractivity contribution in [2.24, 2.45) is 0 Å².